The van der Waals surface area contributed by atoms with Crippen LogP contribution in [0.15, 0.2) is 54.7 Å². The summed E-state index contributed by atoms with van der Waals surface area (Å²) in [6, 6.07) is 16.2. The van der Waals surface area contributed by atoms with Crippen molar-refractivity contribution in [2.45, 2.75) is 30.9 Å². The van der Waals surface area contributed by atoms with Gasteiger partial charge >= 0.3 is 0 Å². The van der Waals surface area contributed by atoms with E-state index in [0.717, 1.165) is 54.4 Å². The van der Waals surface area contributed by atoms with Gasteiger partial charge in [0.2, 0.25) is 0 Å². The van der Waals surface area contributed by atoms with Crippen LogP contribution in [0.4, 0.5) is 0 Å². The van der Waals surface area contributed by atoms with Crippen LogP contribution in [0.2, 0.25) is 0 Å². The molecule has 7 nitrogen and oxygen atoms in total. The monoisotopic (exact) mass is 439 g/mol. The van der Waals surface area contributed by atoms with Crippen molar-refractivity contribution in [2.75, 3.05) is 6.61 Å². The molecule has 3 unspecified atom stereocenters. The Morgan fingerprint density at radius 3 is 2.42 bits per heavy atom. The lowest BCUT2D eigenvalue weighted by Gasteiger charge is -2.38. The van der Waals surface area contributed by atoms with Gasteiger partial charge in [-0.2, -0.15) is 0 Å². The van der Waals surface area contributed by atoms with Crippen LogP contribution >= 0.6 is 0 Å². The molecule has 3 aromatic heterocycles. The Morgan fingerprint density at radius 1 is 0.970 bits per heavy atom. The number of rotatable bonds is 1. The highest BCUT2D eigenvalue weighted by molar-refractivity contribution is 6.37. The van der Waals surface area contributed by atoms with E-state index in [2.05, 4.69) is 26.3 Å². The third-order valence-corrected chi connectivity index (χ3v) is 8.11. The van der Waals surface area contributed by atoms with Crippen molar-refractivity contribution in [3.63, 3.8) is 0 Å². The fourth-order valence-electron chi connectivity index (χ4n) is 6.60. The highest BCUT2D eigenvalue weighted by Crippen LogP contribution is 2.57. The number of aromatic amines is 1. The Balaban J connectivity index is 1.81. The molecule has 2 bridgehead atoms. The number of fused-ring (bicyclic) bond motifs is 13. The minimum absolute atomic E-state index is 0.139. The number of nitrogens with zero attached hydrogens (tertiary/aromatic N) is 2. The standard InChI is InChI=1S/C26H21N3O4/c1-25-26(32,12-30)10-18(33-25)28-16-8-4-2-6-13(16)20-21-15(11-27-24(21)31)19-14-7-3-5-9-17(14)29(25)23(19)22(20)28/h2-9,11,18,27,30-32H,10,12H2,1H3. The molecule has 0 saturated carbocycles. The van der Waals surface area contributed by atoms with E-state index in [1.54, 1.807) is 0 Å². The number of H-pyrrole nitrogens is 1. The van der Waals surface area contributed by atoms with E-state index in [1.807, 2.05) is 49.5 Å². The molecule has 0 amide bonds. The van der Waals surface area contributed by atoms with Crippen LogP contribution < -0.4 is 0 Å². The van der Waals surface area contributed by atoms with Gasteiger partial charge in [-0.1, -0.05) is 36.4 Å². The molecule has 3 atom stereocenters. The summed E-state index contributed by atoms with van der Waals surface area (Å²) in [5.41, 5.74) is 1.12. The van der Waals surface area contributed by atoms with Gasteiger partial charge in [-0.3, -0.25) is 0 Å². The summed E-state index contributed by atoms with van der Waals surface area (Å²) in [7, 11) is 0. The predicted molar refractivity (Wildman–Crippen MR) is 126 cm³/mol. The first-order valence-corrected chi connectivity index (χ1v) is 11.2. The number of ether oxygens (including phenoxy) is 1. The zero-order valence-corrected chi connectivity index (χ0v) is 17.8. The SMILES string of the molecule is CC12OC(CC1(O)CO)n1c3ccccc3c3c4c(O)[nH]cc4c4c5ccccc5n2c4c31. The highest BCUT2D eigenvalue weighted by atomic mass is 16.6. The quantitative estimate of drug-likeness (QED) is 0.305. The minimum atomic E-state index is -1.48. The van der Waals surface area contributed by atoms with Crippen LogP contribution in [0, 0.1) is 0 Å². The summed E-state index contributed by atoms with van der Waals surface area (Å²) in [5.74, 6) is 0.139. The van der Waals surface area contributed by atoms with Crippen molar-refractivity contribution >= 4 is 54.4 Å². The average molecular weight is 439 g/mol. The molecule has 0 radical (unpaired) electrons. The van der Waals surface area contributed by atoms with E-state index in [1.165, 1.54) is 0 Å². The van der Waals surface area contributed by atoms with Gasteiger partial charge in [-0.25, -0.2) is 0 Å². The van der Waals surface area contributed by atoms with Gasteiger partial charge in [0, 0.05) is 39.5 Å². The number of aromatic nitrogens is 3. The molecule has 33 heavy (non-hydrogen) atoms. The van der Waals surface area contributed by atoms with Crippen LogP contribution in [-0.4, -0.2) is 41.6 Å². The Morgan fingerprint density at radius 2 is 1.67 bits per heavy atom. The third-order valence-electron chi connectivity index (χ3n) is 8.11. The number of hydrogen-bond donors (Lipinski definition) is 4. The van der Waals surface area contributed by atoms with Gasteiger partial charge in [0.15, 0.2) is 11.6 Å². The van der Waals surface area contributed by atoms with Crippen LogP contribution in [0.5, 0.6) is 5.88 Å². The smallest absolute Gasteiger partial charge is 0.197 e. The zero-order valence-electron chi connectivity index (χ0n) is 17.8. The van der Waals surface area contributed by atoms with Crippen molar-refractivity contribution in [2.24, 2.45) is 0 Å². The van der Waals surface area contributed by atoms with Crippen LogP contribution in [-0.2, 0) is 10.5 Å². The first-order valence-electron chi connectivity index (χ1n) is 11.2. The maximum atomic E-state index is 11.7. The number of benzene rings is 3. The van der Waals surface area contributed by atoms with E-state index in [4.69, 9.17) is 4.74 Å². The van der Waals surface area contributed by atoms with Crippen LogP contribution in [0.3, 0.4) is 0 Å². The molecule has 8 rings (SSSR count). The van der Waals surface area contributed by atoms with Gasteiger partial charge in [0.1, 0.15) is 11.8 Å². The first-order chi connectivity index (χ1) is 16.0. The zero-order chi connectivity index (χ0) is 22.3. The molecule has 6 aromatic rings. The van der Waals surface area contributed by atoms with Gasteiger partial charge < -0.3 is 34.2 Å². The Kier molecular flexibility index (Phi) is 2.91. The highest BCUT2D eigenvalue weighted by Gasteiger charge is 2.60. The maximum absolute atomic E-state index is 11.7. The molecule has 0 aliphatic carbocycles. The molecule has 1 saturated heterocycles. The Labute approximate surface area is 187 Å². The Bertz CT molecular complexity index is 1830. The number of aromatic hydroxyl groups is 1. The summed E-state index contributed by atoms with van der Waals surface area (Å²) < 4.78 is 10.9. The molecular weight excluding hydrogens is 418 g/mol. The van der Waals surface area contributed by atoms with E-state index < -0.39 is 24.2 Å². The topological polar surface area (TPSA) is 95.6 Å². The summed E-state index contributed by atoms with van der Waals surface area (Å²) in [5, 5.41) is 38.7. The number of nitrogens with one attached hydrogen (secondary N) is 1. The average Bonchev–Trinajstić information content (AvgIpc) is 3.51. The normalized spacial score (nSPS) is 26.6. The van der Waals surface area contributed by atoms with Gasteiger partial charge in [0.25, 0.3) is 0 Å². The predicted octanol–water partition coefficient (Wildman–Crippen LogP) is 4.42. The van der Waals surface area contributed by atoms with E-state index >= 15 is 0 Å². The second kappa shape index (κ2) is 5.34. The van der Waals surface area contributed by atoms with E-state index in [0.29, 0.717) is 0 Å². The summed E-state index contributed by atoms with van der Waals surface area (Å²) in [4.78, 5) is 3.04. The summed E-state index contributed by atoms with van der Waals surface area (Å²) >= 11 is 0. The van der Waals surface area contributed by atoms with Crippen LogP contribution in [0.1, 0.15) is 19.6 Å². The minimum Gasteiger partial charge on any atom is -0.494 e. The van der Waals surface area contributed by atoms with E-state index in [9.17, 15) is 15.3 Å². The third kappa shape index (κ3) is 1.73. The lowest BCUT2D eigenvalue weighted by molar-refractivity contribution is -0.189. The lowest BCUT2D eigenvalue weighted by Crippen LogP contribution is -2.52. The van der Waals surface area contributed by atoms with Crippen molar-refractivity contribution in [1.29, 1.82) is 0 Å². The first kappa shape index (κ1) is 18.0. The van der Waals surface area contributed by atoms with E-state index in [-0.39, 0.29) is 12.3 Å². The lowest BCUT2D eigenvalue weighted by atomic mass is 9.90. The van der Waals surface area contributed by atoms with Crippen molar-refractivity contribution in [3.8, 4) is 5.88 Å². The second-order valence-electron chi connectivity index (χ2n) is 9.56. The van der Waals surface area contributed by atoms with Gasteiger partial charge in [0.05, 0.1) is 34.1 Å². The molecule has 2 aliphatic heterocycles. The number of para-hydroxylation sites is 2. The largest absolute Gasteiger partial charge is 0.494 e. The maximum Gasteiger partial charge on any atom is 0.197 e. The molecule has 1 fully saturated rings. The van der Waals surface area contributed by atoms with Crippen LogP contribution in [0.25, 0.3) is 54.4 Å². The molecule has 3 aromatic carbocycles. The van der Waals surface area contributed by atoms with Crippen molar-refractivity contribution in [3.05, 3.63) is 54.7 Å². The number of aliphatic hydroxyl groups is 2. The second-order valence-corrected chi connectivity index (χ2v) is 9.56. The molecule has 0 spiro atoms. The van der Waals surface area contributed by atoms with Crippen molar-refractivity contribution < 1.29 is 20.1 Å². The van der Waals surface area contributed by atoms with Gasteiger partial charge in [-0.15, -0.1) is 0 Å². The summed E-state index contributed by atoms with van der Waals surface area (Å²) in [6.45, 7) is 1.45. The number of aliphatic hydroxyl groups excluding tert-OH is 1. The fraction of sp³-hybridized carbons (Fsp3) is 0.231. The molecule has 164 valence electrons. The molecule has 4 N–H and O–H groups in total. The van der Waals surface area contributed by atoms with Gasteiger partial charge in [-0.05, 0) is 19.1 Å². The molecule has 2 aliphatic rings. The number of hydrogen-bond acceptors (Lipinski definition) is 4. The fourth-order valence-corrected chi connectivity index (χ4v) is 6.60. The molecular formula is C26H21N3O4. The molecule has 7 heteroatoms. The summed E-state index contributed by atoms with van der Waals surface area (Å²) in [6.07, 6.45) is 1.63. The van der Waals surface area contributed by atoms with Crippen molar-refractivity contribution in [1.82, 2.24) is 14.1 Å². The Hall–Kier alpha value is -3.52. The molecule has 5 heterocycles.